The van der Waals surface area contributed by atoms with E-state index < -0.39 is 0 Å². The van der Waals surface area contributed by atoms with E-state index in [-0.39, 0.29) is 11.9 Å². The summed E-state index contributed by atoms with van der Waals surface area (Å²) in [5, 5.41) is 6.84. The van der Waals surface area contributed by atoms with E-state index in [1.165, 1.54) is 0 Å². The monoisotopic (exact) mass is 244 g/mol. The van der Waals surface area contributed by atoms with Crippen molar-refractivity contribution < 1.29 is 4.79 Å². The molecule has 0 aliphatic carbocycles. The Bertz CT molecular complexity index is 560. The van der Waals surface area contributed by atoms with Crippen molar-refractivity contribution in [2.24, 2.45) is 12.8 Å². The van der Waals surface area contributed by atoms with E-state index in [4.69, 9.17) is 5.73 Å². The highest BCUT2D eigenvalue weighted by atomic mass is 16.1. The molecule has 1 aromatic heterocycles. The summed E-state index contributed by atoms with van der Waals surface area (Å²) in [7, 11) is 1.77. The maximum absolute atomic E-state index is 11.9. The van der Waals surface area contributed by atoms with E-state index in [1.54, 1.807) is 24.0 Å². The maximum atomic E-state index is 11.9. The highest BCUT2D eigenvalue weighted by Gasteiger charge is 2.09. The van der Waals surface area contributed by atoms with Crippen LogP contribution in [-0.2, 0) is 7.05 Å². The lowest BCUT2D eigenvalue weighted by molar-refractivity contribution is 0.102. The number of rotatable bonds is 3. The summed E-state index contributed by atoms with van der Waals surface area (Å²) in [6.45, 7) is 1.90. The summed E-state index contributed by atoms with van der Waals surface area (Å²) < 4.78 is 1.59. The zero-order chi connectivity index (χ0) is 13.1. The number of hydrogen-bond donors (Lipinski definition) is 2. The summed E-state index contributed by atoms with van der Waals surface area (Å²) >= 11 is 0. The van der Waals surface area contributed by atoms with Gasteiger partial charge in [-0.3, -0.25) is 9.48 Å². The van der Waals surface area contributed by atoms with E-state index >= 15 is 0 Å². The van der Waals surface area contributed by atoms with Gasteiger partial charge in [0.25, 0.3) is 5.91 Å². The Balaban J connectivity index is 2.14. The third kappa shape index (κ3) is 2.75. The SMILES string of the molecule is CC(N)c1cccc(NC(=O)c2ccn(C)n2)c1. The Morgan fingerprint density at radius 1 is 1.44 bits per heavy atom. The number of carbonyl (C=O) groups is 1. The molecule has 18 heavy (non-hydrogen) atoms. The number of nitrogens with two attached hydrogens (primary N) is 1. The van der Waals surface area contributed by atoms with Gasteiger partial charge < -0.3 is 11.1 Å². The molecule has 0 saturated carbocycles. The van der Waals surface area contributed by atoms with Gasteiger partial charge >= 0.3 is 0 Å². The van der Waals surface area contributed by atoms with Crippen molar-refractivity contribution >= 4 is 11.6 Å². The second kappa shape index (κ2) is 5.01. The highest BCUT2D eigenvalue weighted by molar-refractivity contribution is 6.02. The fourth-order valence-electron chi connectivity index (χ4n) is 1.63. The van der Waals surface area contributed by atoms with Crippen LogP contribution in [0, 0.1) is 0 Å². The van der Waals surface area contributed by atoms with Crippen molar-refractivity contribution in [3.8, 4) is 0 Å². The first-order chi connectivity index (χ1) is 8.56. The second-order valence-electron chi connectivity index (χ2n) is 4.24. The van der Waals surface area contributed by atoms with Crippen LogP contribution >= 0.6 is 0 Å². The minimum absolute atomic E-state index is 0.0586. The van der Waals surface area contributed by atoms with Crippen molar-refractivity contribution in [2.45, 2.75) is 13.0 Å². The number of aryl methyl sites for hydroxylation is 1. The molecule has 1 unspecified atom stereocenters. The lowest BCUT2D eigenvalue weighted by Gasteiger charge is -2.08. The number of anilines is 1. The molecule has 1 heterocycles. The second-order valence-corrected chi connectivity index (χ2v) is 4.24. The quantitative estimate of drug-likeness (QED) is 0.863. The molecule has 5 nitrogen and oxygen atoms in total. The first-order valence-electron chi connectivity index (χ1n) is 5.73. The molecule has 3 N–H and O–H groups in total. The zero-order valence-electron chi connectivity index (χ0n) is 10.4. The third-order valence-electron chi connectivity index (χ3n) is 2.62. The smallest absolute Gasteiger partial charge is 0.276 e. The Morgan fingerprint density at radius 2 is 2.22 bits per heavy atom. The molecule has 0 spiro atoms. The van der Waals surface area contributed by atoms with Gasteiger partial charge in [-0.15, -0.1) is 0 Å². The molecule has 0 radical (unpaired) electrons. The molecule has 1 amide bonds. The molecule has 2 aromatic rings. The summed E-state index contributed by atoms with van der Waals surface area (Å²) in [5.41, 5.74) is 7.89. The Kier molecular flexibility index (Phi) is 3.43. The first-order valence-corrected chi connectivity index (χ1v) is 5.73. The lowest BCUT2D eigenvalue weighted by atomic mass is 10.1. The number of amides is 1. The molecule has 1 aromatic carbocycles. The minimum atomic E-state index is -0.225. The van der Waals surface area contributed by atoms with Crippen LogP contribution in [0.15, 0.2) is 36.5 Å². The van der Waals surface area contributed by atoms with E-state index in [9.17, 15) is 4.79 Å². The van der Waals surface area contributed by atoms with Crippen molar-refractivity contribution in [3.63, 3.8) is 0 Å². The Hall–Kier alpha value is -2.14. The van der Waals surface area contributed by atoms with Gasteiger partial charge in [-0.25, -0.2) is 0 Å². The van der Waals surface area contributed by atoms with E-state index in [2.05, 4.69) is 10.4 Å². The minimum Gasteiger partial charge on any atom is -0.324 e. The summed E-state index contributed by atoms with van der Waals surface area (Å²) in [4.78, 5) is 11.9. The van der Waals surface area contributed by atoms with Gasteiger partial charge in [0, 0.05) is 25.0 Å². The lowest BCUT2D eigenvalue weighted by Crippen LogP contribution is -2.13. The molecule has 94 valence electrons. The van der Waals surface area contributed by atoms with E-state index in [0.717, 1.165) is 11.3 Å². The van der Waals surface area contributed by atoms with Crippen LogP contribution in [0.5, 0.6) is 0 Å². The van der Waals surface area contributed by atoms with Crippen LogP contribution in [0.1, 0.15) is 29.0 Å². The van der Waals surface area contributed by atoms with Gasteiger partial charge in [0.05, 0.1) is 0 Å². The van der Waals surface area contributed by atoms with Gasteiger partial charge in [0.1, 0.15) is 0 Å². The molecule has 0 fully saturated rings. The molecule has 5 heteroatoms. The fraction of sp³-hybridized carbons (Fsp3) is 0.231. The standard InChI is InChI=1S/C13H16N4O/c1-9(14)10-4-3-5-11(8-10)15-13(18)12-6-7-17(2)16-12/h3-9H,14H2,1-2H3,(H,15,18). The van der Waals surface area contributed by atoms with Crippen molar-refractivity contribution in [2.75, 3.05) is 5.32 Å². The summed E-state index contributed by atoms with van der Waals surface area (Å²) in [6, 6.07) is 9.10. The highest BCUT2D eigenvalue weighted by Crippen LogP contribution is 2.16. The molecular weight excluding hydrogens is 228 g/mol. The number of nitrogens with zero attached hydrogens (tertiary/aromatic N) is 2. The summed E-state index contributed by atoms with van der Waals surface area (Å²) in [6.07, 6.45) is 1.73. The average molecular weight is 244 g/mol. The normalized spacial score (nSPS) is 12.2. The topological polar surface area (TPSA) is 72.9 Å². The Morgan fingerprint density at radius 3 is 2.83 bits per heavy atom. The predicted octanol–water partition coefficient (Wildman–Crippen LogP) is 1.69. The van der Waals surface area contributed by atoms with Crippen molar-refractivity contribution in [3.05, 3.63) is 47.8 Å². The average Bonchev–Trinajstić information content (AvgIpc) is 2.76. The van der Waals surface area contributed by atoms with E-state index in [0.29, 0.717) is 5.69 Å². The van der Waals surface area contributed by atoms with Crippen LogP contribution in [0.4, 0.5) is 5.69 Å². The van der Waals surface area contributed by atoms with Crippen LogP contribution in [0.3, 0.4) is 0 Å². The number of benzene rings is 1. The van der Waals surface area contributed by atoms with Crippen LogP contribution < -0.4 is 11.1 Å². The van der Waals surface area contributed by atoms with Crippen LogP contribution in [-0.4, -0.2) is 15.7 Å². The fourth-order valence-corrected chi connectivity index (χ4v) is 1.63. The van der Waals surface area contributed by atoms with Crippen LogP contribution in [0.25, 0.3) is 0 Å². The van der Waals surface area contributed by atoms with E-state index in [1.807, 2.05) is 31.2 Å². The summed E-state index contributed by atoms with van der Waals surface area (Å²) in [5.74, 6) is -0.225. The molecule has 0 bridgehead atoms. The molecular formula is C13H16N4O. The van der Waals surface area contributed by atoms with Crippen molar-refractivity contribution in [1.82, 2.24) is 9.78 Å². The number of nitrogens with one attached hydrogen (secondary N) is 1. The van der Waals surface area contributed by atoms with Crippen LogP contribution in [0.2, 0.25) is 0 Å². The van der Waals surface area contributed by atoms with Gasteiger partial charge in [0.2, 0.25) is 0 Å². The van der Waals surface area contributed by atoms with Crippen molar-refractivity contribution in [1.29, 1.82) is 0 Å². The van der Waals surface area contributed by atoms with Gasteiger partial charge in [0.15, 0.2) is 5.69 Å². The molecule has 2 rings (SSSR count). The zero-order valence-corrected chi connectivity index (χ0v) is 10.4. The maximum Gasteiger partial charge on any atom is 0.276 e. The van der Waals surface area contributed by atoms with Gasteiger partial charge in [-0.2, -0.15) is 5.10 Å². The number of carbonyl (C=O) groups excluding carboxylic acids is 1. The Labute approximate surface area is 106 Å². The predicted molar refractivity (Wildman–Crippen MR) is 70.2 cm³/mol. The van der Waals surface area contributed by atoms with Gasteiger partial charge in [-0.1, -0.05) is 12.1 Å². The van der Waals surface area contributed by atoms with Gasteiger partial charge in [-0.05, 0) is 30.7 Å². The first kappa shape index (κ1) is 12.3. The molecule has 0 aliphatic rings. The molecule has 0 aliphatic heterocycles. The number of aromatic nitrogens is 2. The largest absolute Gasteiger partial charge is 0.324 e. The molecule has 1 atom stereocenters. The number of hydrogen-bond acceptors (Lipinski definition) is 3. The molecule has 0 saturated heterocycles. The third-order valence-corrected chi connectivity index (χ3v) is 2.62.